The SMILES string of the molecule is CN(C)C(=O)CN=C(NCC1CCCO1)NCC1CCCN1Cc1ccccc1. The van der Waals surface area contributed by atoms with Gasteiger partial charge in [0.05, 0.1) is 6.10 Å². The Hall–Kier alpha value is -2.12. The molecule has 7 heteroatoms. The molecule has 2 atom stereocenters. The third kappa shape index (κ3) is 7.01. The first kappa shape index (κ1) is 21.6. The van der Waals surface area contributed by atoms with Crippen LogP contribution in [0.5, 0.6) is 0 Å². The fourth-order valence-electron chi connectivity index (χ4n) is 3.85. The molecule has 2 unspecified atom stereocenters. The first-order valence-corrected chi connectivity index (χ1v) is 10.7. The van der Waals surface area contributed by atoms with E-state index in [0.29, 0.717) is 12.0 Å². The third-order valence-electron chi connectivity index (χ3n) is 5.63. The Morgan fingerprint density at radius 1 is 1.17 bits per heavy atom. The van der Waals surface area contributed by atoms with Crippen molar-refractivity contribution in [2.24, 2.45) is 4.99 Å². The molecule has 0 aromatic heterocycles. The fourth-order valence-corrected chi connectivity index (χ4v) is 3.85. The van der Waals surface area contributed by atoms with Crippen LogP contribution in [0, 0.1) is 0 Å². The predicted molar refractivity (Wildman–Crippen MR) is 116 cm³/mol. The molecule has 2 fully saturated rings. The summed E-state index contributed by atoms with van der Waals surface area (Å²) in [5.74, 6) is 0.692. The van der Waals surface area contributed by atoms with E-state index in [0.717, 1.165) is 45.6 Å². The van der Waals surface area contributed by atoms with E-state index in [9.17, 15) is 4.79 Å². The van der Waals surface area contributed by atoms with Gasteiger partial charge in [0, 0.05) is 46.4 Å². The van der Waals surface area contributed by atoms with Crippen molar-refractivity contribution in [3.8, 4) is 0 Å². The average molecular weight is 402 g/mol. The van der Waals surface area contributed by atoms with Crippen LogP contribution < -0.4 is 10.6 Å². The van der Waals surface area contributed by atoms with Gasteiger partial charge in [-0.2, -0.15) is 0 Å². The summed E-state index contributed by atoms with van der Waals surface area (Å²) in [5.41, 5.74) is 1.35. The Kier molecular flexibility index (Phi) is 8.31. The maximum absolute atomic E-state index is 12.0. The Morgan fingerprint density at radius 3 is 2.69 bits per heavy atom. The van der Waals surface area contributed by atoms with Gasteiger partial charge in [0.25, 0.3) is 0 Å². The molecule has 0 radical (unpaired) electrons. The second-order valence-corrected chi connectivity index (χ2v) is 8.10. The summed E-state index contributed by atoms with van der Waals surface area (Å²) in [6.07, 6.45) is 4.81. The summed E-state index contributed by atoms with van der Waals surface area (Å²) in [6, 6.07) is 11.1. The van der Waals surface area contributed by atoms with Crippen LogP contribution in [0.4, 0.5) is 0 Å². The van der Waals surface area contributed by atoms with E-state index in [1.165, 1.54) is 18.4 Å². The van der Waals surface area contributed by atoms with Crippen LogP contribution in [-0.2, 0) is 16.1 Å². The molecule has 2 aliphatic rings. The highest BCUT2D eigenvalue weighted by atomic mass is 16.5. The smallest absolute Gasteiger partial charge is 0.243 e. The van der Waals surface area contributed by atoms with Gasteiger partial charge in [0.1, 0.15) is 6.54 Å². The lowest BCUT2D eigenvalue weighted by Gasteiger charge is -2.26. The van der Waals surface area contributed by atoms with Gasteiger partial charge in [-0.3, -0.25) is 9.69 Å². The van der Waals surface area contributed by atoms with Crippen LogP contribution in [0.25, 0.3) is 0 Å². The van der Waals surface area contributed by atoms with E-state index in [-0.39, 0.29) is 18.6 Å². The van der Waals surface area contributed by atoms with Gasteiger partial charge in [-0.15, -0.1) is 0 Å². The zero-order valence-corrected chi connectivity index (χ0v) is 17.8. The van der Waals surface area contributed by atoms with Crippen LogP contribution in [-0.4, -0.2) is 80.7 Å². The van der Waals surface area contributed by atoms with Gasteiger partial charge in [-0.05, 0) is 37.8 Å². The number of amides is 1. The molecule has 160 valence electrons. The summed E-state index contributed by atoms with van der Waals surface area (Å²) < 4.78 is 5.70. The zero-order valence-electron chi connectivity index (χ0n) is 17.8. The molecule has 2 heterocycles. The number of hydrogen-bond acceptors (Lipinski definition) is 4. The van der Waals surface area contributed by atoms with E-state index in [2.05, 4.69) is 50.9 Å². The predicted octanol–water partition coefficient (Wildman–Crippen LogP) is 1.45. The molecule has 0 bridgehead atoms. The van der Waals surface area contributed by atoms with Crippen LogP contribution in [0.15, 0.2) is 35.3 Å². The van der Waals surface area contributed by atoms with Gasteiger partial charge in [0.2, 0.25) is 5.91 Å². The zero-order chi connectivity index (χ0) is 20.5. The van der Waals surface area contributed by atoms with Crippen molar-refractivity contribution in [2.75, 3.05) is 46.9 Å². The van der Waals surface area contributed by atoms with Crippen molar-refractivity contribution in [3.63, 3.8) is 0 Å². The number of carbonyl (C=O) groups excluding carboxylic acids is 1. The number of likely N-dealkylation sites (N-methyl/N-ethyl adjacent to an activating group) is 1. The number of benzene rings is 1. The molecule has 2 N–H and O–H groups in total. The quantitative estimate of drug-likeness (QED) is 0.510. The molecule has 3 rings (SSSR count). The number of ether oxygens (including phenoxy) is 1. The van der Waals surface area contributed by atoms with E-state index in [4.69, 9.17) is 4.74 Å². The molecule has 0 aliphatic carbocycles. The minimum atomic E-state index is -0.00483. The van der Waals surface area contributed by atoms with Crippen molar-refractivity contribution in [1.82, 2.24) is 20.4 Å². The number of carbonyl (C=O) groups is 1. The maximum atomic E-state index is 12.0. The number of hydrogen-bond donors (Lipinski definition) is 2. The second-order valence-electron chi connectivity index (χ2n) is 8.10. The summed E-state index contributed by atoms with van der Waals surface area (Å²) >= 11 is 0. The molecule has 0 saturated carbocycles. The molecular weight excluding hydrogens is 366 g/mol. The molecule has 1 aromatic rings. The van der Waals surface area contributed by atoms with Crippen LogP contribution in [0.1, 0.15) is 31.2 Å². The van der Waals surface area contributed by atoms with Gasteiger partial charge in [-0.25, -0.2) is 4.99 Å². The maximum Gasteiger partial charge on any atom is 0.243 e. The highest BCUT2D eigenvalue weighted by Gasteiger charge is 2.25. The summed E-state index contributed by atoms with van der Waals surface area (Å²) in [5, 5.41) is 6.84. The Labute approximate surface area is 174 Å². The van der Waals surface area contributed by atoms with Crippen molar-refractivity contribution >= 4 is 11.9 Å². The third-order valence-corrected chi connectivity index (χ3v) is 5.63. The second kappa shape index (κ2) is 11.2. The van der Waals surface area contributed by atoms with Gasteiger partial charge in [-0.1, -0.05) is 30.3 Å². The summed E-state index contributed by atoms with van der Waals surface area (Å²) in [4.78, 5) is 20.6. The lowest BCUT2D eigenvalue weighted by atomic mass is 10.2. The Morgan fingerprint density at radius 2 is 1.97 bits per heavy atom. The normalized spacial score (nSPS) is 22.6. The van der Waals surface area contributed by atoms with Crippen molar-refractivity contribution in [1.29, 1.82) is 0 Å². The molecular formula is C22H35N5O2. The highest BCUT2D eigenvalue weighted by molar-refractivity contribution is 5.84. The number of guanidine groups is 1. The molecule has 29 heavy (non-hydrogen) atoms. The van der Waals surface area contributed by atoms with E-state index in [1.807, 2.05) is 0 Å². The first-order valence-electron chi connectivity index (χ1n) is 10.7. The number of nitrogens with zero attached hydrogens (tertiary/aromatic N) is 3. The molecule has 2 saturated heterocycles. The van der Waals surface area contributed by atoms with E-state index in [1.54, 1.807) is 19.0 Å². The lowest BCUT2D eigenvalue weighted by molar-refractivity contribution is -0.127. The Balaban J connectivity index is 1.53. The highest BCUT2D eigenvalue weighted by Crippen LogP contribution is 2.19. The van der Waals surface area contributed by atoms with Gasteiger partial charge in [0.15, 0.2) is 5.96 Å². The van der Waals surface area contributed by atoms with Crippen LogP contribution in [0.2, 0.25) is 0 Å². The largest absolute Gasteiger partial charge is 0.376 e. The first-order chi connectivity index (χ1) is 14.1. The fraction of sp³-hybridized carbons (Fsp3) is 0.636. The van der Waals surface area contributed by atoms with Crippen LogP contribution in [0.3, 0.4) is 0 Å². The minimum Gasteiger partial charge on any atom is -0.376 e. The standard InChI is InChI=1S/C22H35N5O2/c1-26(2)21(28)16-25-22(24-15-20-11-7-13-29-20)23-14-19-10-6-12-27(19)17-18-8-4-3-5-9-18/h3-5,8-9,19-20H,6-7,10-17H2,1-2H3,(H2,23,24,25). The number of nitrogens with one attached hydrogen (secondary N) is 2. The number of rotatable bonds is 8. The average Bonchev–Trinajstić information content (AvgIpc) is 3.40. The number of likely N-dealkylation sites (tertiary alicyclic amines) is 1. The van der Waals surface area contributed by atoms with Crippen molar-refractivity contribution in [2.45, 2.75) is 44.4 Å². The molecule has 1 amide bonds. The molecule has 0 spiro atoms. The van der Waals surface area contributed by atoms with E-state index >= 15 is 0 Å². The molecule has 2 aliphatic heterocycles. The number of aliphatic imine (C=N–C) groups is 1. The Bertz CT molecular complexity index is 658. The molecule has 7 nitrogen and oxygen atoms in total. The monoisotopic (exact) mass is 401 g/mol. The van der Waals surface area contributed by atoms with Gasteiger partial charge < -0.3 is 20.3 Å². The lowest BCUT2D eigenvalue weighted by Crippen LogP contribution is -2.46. The van der Waals surface area contributed by atoms with Crippen LogP contribution >= 0.6 is 0 Å². The topological polar surface area (TPSA) is 69.2 Å². The summed E-state index contributed by atoms with van der Waals surface area (Å²) in [6.45, 7) is 4.62. The van der Waals surface area contributed by atoms with E-state index < -0.39 is 0 Å². The minimum absolute atomic E-state index is 0.00483. The van der Waals surface area contributed by atoms with Gasteiger partial charge >= 0.3 is 0 Å². The van der Waals surface area contributed by atoms with Crippen molar-refractivity contribution in [3.05, 3.63) is 35.9 Å². The molecule has 1 aromatic carbocycles. The summed E-state index contributed by atoms with van der Waals surface area (Å²) in [7, 11) is 3.51. The van der Waals surface area contributed by atoms with Crippen molar-refractivity contribution < 1.29 is 9.53 Å².